The molecular weight excluding hydrogens is 387 g/mol. The van der Waals surface area contributed by atoms with Crippen LogP contribution >= 0.6 is 22.6 Å². The van der Waals surface area contributed by atoms with Gasteiger partial charge in [-0.05, 0) is 42.5 Å². The van der Waals surface area contributed by atoms with Crippen molar-refractivity contribution in [2.75, 3.05) is 5.32 Å². The topological polar surface area (TPSA) is 90.1 Å². The lowest BCUT2D eigenvalue weighted by atomic mass is 10.2. The van der Waals surface area contributed by atoms with E-state index in [2.05, 4.69) is 10.4 Å². The number of halogens is 1. The maximum absolute atomic E-state index is 12.2. The third-order valence-electron chi connectivity index (χ3n) is 2.80. The van der Waals surface area contributed by atoms with Gasteiger partial charge in [0.05, 0.1) is 22.4 Å². The van der Waals surface area contributed by atoms with Gasteiger partial charge in [-0.25, -0.2) is 0 Å². The highest BCUT2D eigenvalue weighted by molar-refractivity contribution is 14.1. The van der Waals surface area contributed by atoms with Crippen LogP contribution in [0.15, 0.2) is 30.6 Å². The Morgan fingerprint density at radius 3 is 2.71 bits per heavy atom. The molecule has 0 fully saturated rings. The van der Waals surface area contributed by atoms with Crippen molar-refractivity contribution in [3.63, 3.8) is 0 Å². The van der Waals surface area contributed by atoms with Crippen LogP contribution in [0.2, 0.25) is 0 Å². The number of nitrogens with one attached hydrogen (secondary N) is 1. The lowest BCUT2D eigenvalue weighted by Gasteiger charge is -2.05. The molecule has 110 valence electrons. The summed E-state index contributed by atoms with van der Waals surface area (Å²) in [5.74, 6) is -0.322. The molecule has 1 aromatic carbocycles. The molecule has 0 aliphatic carbocycles. The van der Waals surface area contributed by atoms with Crippen molar-refractivity contribution in [2.45, 2.75) is 19.9 Å². The molecule has 7 nitrogen and oxygen atoms in total. The van der Waals surface area contributed by atoms with Crippen LogP contribution < -0.4 is 5.32 Å². The lowest BCUT2D eigenvalue weighted by Crippen LogP contribution is -2.13. The summed E-state index contributed by atoms with van der Waals surface area (Å²) in [4.78, 5) is 22.4. The van der Waals surface area contributed by atoms with Crippen molar-refractivity contribution < 1.29 is 9.72 Å². The van der Waals surface area contributed by atoms with Gasteiger partial charge in [-0.2, -0.15) is 5.10 Å². The fourth-order valence-corrected chi connectivity index (χ4v) is 2.43. The second-order valence-electron chi connectivity index (χ2n) is 4.68. The predicted octanol–water partition coefficient (Wildman–Crippen LogP) is 3.23. The maximum Gasteiger partial charge on any atom is 0.270 e. The monoisotopic (exact) mass is 400 g/mol. The van der Waals surface area contributed by atoms with Crippen LogP contribution in [0.5, 0.6) is 0 Å². The van der Waals surface area contributed by atoms with Gasteiger partial charge in [0.15, 0.2) is 0 Å². The minimum Gasteiger partial charge on any atom is -0.319 e. The molecular formula is C13H13IN4O3. The predicted molar refractivity (Wildman–Crippen MR) is 86.4 cm³/mol. The number of hydrogen-bond donors (Lipinski definition) is 1. The first-order valence-corrected chi connectivity index (χ1v) is 7.26. The number of nitrogens with zero attached hydrogens (tertiary/aromatic N) is 3. The van der Waals surface area contributed by atoms with Gasteiger partial charge in [-0.3, -0.25) is 19.6 Å². The zero-order valence-corrected chi connectivity index (χ0v) is 13.6. The quantitative estimate of drug-likeness (QED) is 0.485. The van der Waals surface area contributed by atoms with Gasteiger partial charge in [0.1, 0.15) is 0 Å². The minimum absolute atomic E-state index is 0.0384. The molecule has 0 bridgehead atoms. The summed E-state index contributed by atoms with van der Waals surface area (Å²) in [6.07, 6.45) is 3.30. The van der Waals surface area contributed by atoms with E-state index < -0.39 is 4.92 Å². The smallest absolute Gasteiger partial charge is 0.270 e. The number of benzene rings is 1. The molecule has 2 rings (SSSR count). The molecule has 21 heavy (non-hydrogen) atoms. The van der Waals surface area contributed by atoms with Crippen molar-refractivity contribution in [1.82, 2.24) is 9.78 Å². The van der Waals surface area contributed by atoms with E-state index in [0.717, 1.165) is 0 Å². The molecule has 1 amide bonds. The van der Waals surface area contributed by atoms with E-state index in [0.29, 0.717) is 14.8 Å². The van der Waals surface area contributed by atoms with E-state index in [-0.39, 0.29) is 17.6 Å². The number of hydrogen-bond acceptors (Lipinski definition) is 4. The average molecular weight is 400 g/mol. The number of rotatable bonds is 4. The fraction of sp³-hybridized carbons (Fsp3) is 0.231. The van der Waals surface area contributed by atoms with Gasteiger partial charge in [0.2, 0.25) is 0 Å². The first kappa shape index (κ1) is 15.4. The number of aromatic nitrogens is 2. The molecule has 8 heteroatoms. The minimum atomic E-state index is -0.490. The molecule has 0 aliphatic heterocycles. The summed E-state index contributed by atoms with van der Waals surface area (Å²) < 4.78 is 2.26. The molecule has 0 spiro atoms. The molecule has 0 unspecified atom stereocenters. The molecule has 2 aromatic rings. The van der Waals surface area contributed by atoms with Crippen LogP contribution in [0, 0.1) is 13.7 Å². The SMILES string of the molecule is CC(C)n1cc(NC(=O)c2ccc([N+](=O)[O-])cc2I)cn1. The van der Waals surface area contributed by atoms with Crippen LogP contribution in [0.3, 0.4) is 0 Å². The molecule has 0 atom stereocenters. The number of non-ortho nitro benzene ring substituents is 1. The van der Waals surface area contributed by atoms with Crippen LogP contribution in [0.1, 0.15) is 30.2 Å². The Morgan fingerprint density at radius 1 is 1.48 bits per heavy atom. The standard InChI is InChI=1S/C13H13IN4O3/c1-8(2)17-7-9(6-15-17)16-13(19)11-4-3-10(18(20)21)5-12(11)14/h3-8H,1-2H3,(H,16,19). The fourth-order valence-electron chi connectivity index (χ4n) is 1.69. The van der Waals surface area contributed by atoms with E-state index in [1.54, 1.807) is 17.1 Å². The maximum atomic E-state index is 12.2. The van der Waals surface area contributed by atoms with Crippen LogP contribution in [-0.2, 0) is 0 Å². The van der Waals surface area contributed by atoms with Gasteiger partial charge in [-0.15, -0.1) is 0 Å². The second-order valence-corrected chi connectivity index (χ2v) is 5.84. The highest BCUT2D eigenvalue weighted by Gasteiger charge is 2.15. The average Bonchev–Trinajstić information content (AvgIpc) is 2.87. The molecule has 0 saturated heterocycles. The van der Waals surface area contributed by atoms with Crippen molar-refractivity contribution in [1.29, 1.82) is 0 Å². The van der Waals surface area contributed by atoms with Gasteiger partial charge >= 0.3 is 0 Å². The van der Waals surface area contributed by atoms with Crippen molar-refractivity contribution in [2.24, 2.45) is 0 Å². The van der Waals surface area contributed by atoms with Gasteiger partial charge in [0.25, 0.3) is 11.6 Å². The van der Waals surface area contributed by atoms with Crippen molar-refractivity contribution >= 4 is 39.9 Å². The molecule has 0 radical (unpaired) electrons. The highest BCUT2D eigenvalue weighted by atomic mass is 127. The molecule has 1 N–H and O–H groups in total. The molecule has 0 saturated carbocycles. The van der Waals surface area contributed by atoms with Crippen LogP contribution in [0.25, 0.3) is 0 Å². The van der Waals surface area contributed by atoms with Gasteiger partial charge in [0, 0.05) is 27.9 Å². The Morgan fingerprint density at radius 2 is 2.19 bits per heavy atom. The zero-order chi connectivity index (χ0) is 15.6. The van der Waals surface area contributed by atoms with E-state index in [9.17, 15) is 14.9 Å². The first-order chi connectivity index (χ1) is 9.88. The summed E-state index contributed by atoms with van der Waals surface area (Å²) in [6, 6.07) is 4.33. The van der Waals surface area contributed by atoms with E-state index in [1.165, 1.54) is 18.2 Å². The Labute approximate surface area is 134 Å². The lowest BCUT2D eigenvalue weighted by molar-refractivity contribution is -0.384. The Kier molecular flexibility index (Phi) is 4.56. The number of anilines is 1. The second kappa shape index (κ2) is 6.20. The summed E-state index contributed by atoms with van der Waals surface area (Å²) >= 11 is 1.91. The van der Waals surface area contributed by atoms with Crippen LogP contribution in [0.4, 0.5) is 11.4 Å². The third kappa shape index (κ3) is 3.57. The number of carbonyl (C=O) groups is 1. The Hall–Kier alpha value is -1.97. The zero-order valence-electron chi connectivity index (χ0n) is 11.4. The Balaban J connectivity index is 2.18. The van der Waals surface area contributed by atoms with E-state index in [4.69, 9.17) is 0 Å². The highest BCUT2D eigenvalue weighted by Crippen LogP contribution is 2.21. The summed E-state index contributed by atoms with van der Waals surface area (Å²) in [5, 5.41) is 17.5. The summed E-state index contributed by atoms with van der Waals surface area (Å²) in [5.41, 5.74) is 0.935. The number of carbonyl (C=O) groups excluding carboxylic acids is 1. The molecule has 0 aliphatic rings. The van der Waals surface area contributed by atoms with Gasteiger partial charge in [-0.1, -0.05) is 0 Å². The number of amides is 1. The normalized spacial score (nSPS) is 10.7. The van der Waals surface area contributed by atoms with Crippen molar-refractivity contribution in [3.8, 4) is 0 Å². The molecule has 1 heterocycles. The summed E-state index contributed by atoms with van der Waals surface area (Å²) in [7, 11) is 0. The van der Waals surface area contributed by atoms with Gasteiger partial charge < -0.3 is 5.32 Å². The largest absolute Gasteiger partial charge is 0.319 e. The van der Waals surface area contributed by atoms with E-state index in [1.807, 2.05) is 36.4 Å². The van der Waals surface area contributed by atoms with Crippen molar-refractivity contribution in [3.05, 3.63) is 49.8 Å². The summed E-state index contributed by atoms with van der Waals surface area (Å²) in [6.45, 7) is 3.97. The third-order valence-corrected chi connectivity index (χ3v) is 3.69. The van der Waals surface area contributed by atoms with Crippen LogP contribution in [-0.4, -0.2) is 20.6 Å². The first-order valence-electron chi connectivity index (χ1n) is 6.18. The Bertz CT molecular complexity index is 696. The van der Waals surface area contributed by atoms with E-state index >= 15 is 0 Å². The number of nitro groups is 1. The number of nitro benzene ring substituents is 1. The molecule has 1 aromatic heterocycles.